The largest absolute Gasteiger partial charge is 0.497 e. The fourth-order valence-electron chi connectivity index (χ4n) is 1.98. The van der Waals surface area contributed by atoms with Crippen LogP contribution < -0.4 is 10.5 Å². The lowest BCUT2D eigenvalue weighted by Crippen LogP contribution is -2.15. The van der Waals surface area contributed by atoms with E-state index in [9.17, 15) is 0 Å². The second kappa shape index (κ2) is 7.11. The Balaban J connectivity index is 2.27. The van der Waals surface area contributed by atoms with Gasteiger partial charge in [-0.05, 0) is 76.5 Å². The zero-order valence-corrected chi connectivity index (χ0v) is 15.4. The zero-order valence-electron chi connectivity index (χ0n) is 10.9. The SMILES string of the molecule is COc1ccc(Br)c(CC(N)c2cc(Cl)ccc2I)c1. The summed E-state index contributed by atoms with van der Waals surface area (Å²) in [6.45, 7) is 0. The van der Waals surface area contributed by atoms with E-state index in [0.29, 0.717) is 11.4 Å². The van der Waals surface area contributed by atoms with Gasteiger partial charge in [0.05, 0.1) is 7.11 Å². The fraction of sp³-hybridized carbons (Fsp3) is 0.200. The van der Waals surface area contributed by atoms with Crippen molar-refractivity contribution in [3.8, 4) is 5.75 Å². The van der Waals surface area contributed by atoms with Crippen LogP contribution in [0.25, 0.3) is 0 Å². The van der Waals surface area contributed by atoms with E-state index in [1.807, 2.05) is 36.4 Å². The van der Waals surface area contributed by atoms with Gasteiger partial charge in [-0.2, -0.15) is 0 Å². The van der Waals surface area contributed by atoms with Crippen molar-refractivity contribution in [2.75, 3.05) is 7.11 Å². The molecule has 0 aromatic heterocycles. The second-order valence-corrected chi connectivity index (χ2v) is 6.89. The molecule has 0 heterocycles. The molecular weight excluding hydrogens is 452 g/mol. The molecule has 2 aromatic carbocycles. The lowest BCUT2D eigenvalue weighted by atomic mass is 9.99. The average Bonchev–Trinajstić information content (AvgIpc) is 2.43. The first-order valence-electron chi connectivity index (χ1n) is 6.04. The number of ether oxygens (including phenoxy) is 1. The summed E-state index contributed by atoms with van der Waals surface area (Å²) in [5.74, 6) is 0.830. The molecule has 0 radical (unpaired) electrons. The highest BCUT2D eigenvalue weighted by Crippen LogP contribution is 2.29. The molecule has 2 rings (SSSR count). The van der Waals surface area contributed by atoms with Crippen LogP contribution in [-0.2, 0) is 6.42 Å². The molecule has 1 unspecified atom stereocenters. The summed E-state index contributed by atoms with van der Waals surface area (Å²) >= 11 is 11.9. The lowest BCUT2D eigenvalue weighted by Gasteiger charge is -2.16. The molecule has 20 heavy (non-hydrogen) atoms. The minimum Gasteiger partial charge on any atom is -0.497 e. The summed E-state index contributed by atoms with van der Waals surface area (Å²) in [6, 6.07) is 11.6. The van der Waals surface area contributed by atoms with Gasteiger partial charge in [0.2, 0.25) is 0 Å². The molecule has 0 saturated carbocycles. The molecule has 2 N–H and O–H groups in total. The van der Waals surface area contributed by atoms with Crippen LogP contribution in [0.2, 0.25) is 5.02 Å². The maximum atomic E-state index is 6.33. The molecule has 0 aliphatic rings. The van der Waals surface area contributed by atoms with Crippen LogP contribution in [0.4, 0.5) is 0 Å². The van der Waals surface area contributed by atoms with E-state index >= 15 is 0 Å². The summed E-state index contributed by atoms with van der Waals surface area (Å²) in [5.41, 5.74) is 8.51. The molecule has 1 atom stereocenters. The summed E-state index contributed by atoms with van der Waals surface area (Å²) in [5, 5.41) is 0.709. The number of hydrogen-bond acceptors (Lipinski definition) is 2. The van der Waals surface area contributed by atoms with Gasteiger partial charge in [0.25, 0.3) is 0 Å². The molecule has 2 nitrogen and oxygen atoms in total. The van der Waals surface area contributed by atoms with E-state index in [4.69, 9.17) is 22.1 Å². The van der Waals surface area contributed by atoms with Crippen molar-refractivity contribution in [2.24, 2.45) is 5.73 Å². The highest BCUT2D eigenvalue weighted by molar-refractivity contribution is 14.1. The van der Waals surface area contributed by atoms with Gasteiger partial charge >= 0.3 is 0 Å². The Bertz CT molecular complexity index is 621. The van der Waals surface area contributed by atoms with Crippen LogP contribution in [0.1, 0.15) is 17.2 Å². The molecule has 0 spiro atoms. The Hall–Kier alpha value is -0.300. The lowest BCUT2D eigenvalue weighted by molar-refractivity contribution is 0.414. The van der Waals surface area contributed by atoms with Crippen molar-refractivity contribution in [3.05, 3.63) is 60.6 Å². The Kier molecular flexibility index (Phi) is 5.72. The van der Waals surface area contributed by atoms with Crippen LogP contribution in [0.5, 0.6) is 5.75 Å². The standard InChI is InChI=1S/C15H14BrClINO/c1-20-11-3-4-13(16)9(6-11)7-15(19)12-8-10(17)2-5-14(12)18/h2-6,8,15H,7,19H2,1H3. The van der Waals surface area contributed by atoms with Crippen molar-refractivity contribution < 1.29 is 4.74 Å². The first-order valence-corrected chi connectivity index (χ1v) is 8.29. The van der Waals surface area contributed by atoms with Crippen LogP contribution in [0, 0.1) is 3.57 Å². The van der Waals surface area contributed by atoms with Gasteiger partial charge in [-0.3, -0.25) is 0 Å². The Morgan fingerprint density at radius 3 is 2.75 bits per heavy atom. The summed E-state index contributed by atoms with van der Waals surface area (Å²) in [4.78, 5) is 0. The molecular formula is C15H14BrClINO. The van der Waals surface area contributed by atoms with Crippen molar-refractivity contribution in [1.29, 1.82) is 0 Å². The van der Waals surface area contributed by atoms with E-state index in [1.165, 1.54) is 0 Å². The highest BCUT2D eigenvalue weighted by Gasteiger charge is 2.13. The molecule has 2 aromatic rings. The van der Waals surface area contributed by atoms with E-state index in [1.54, 1.807) is 7.11 Å². The zero-order chi connectivity index (χ0) is 14.7. The average molecular weight is 467 g/mol. The molecule has 0 aliphatic heterocycles. The molecule has 106 valence electrons. The molecule has 5 heteroatoms. The van der Waals surface area contributed by atoms with Crippen molar-refractivity contribution in [2.45, 2.75) is 12.5 Å². The third kappa shape index (κ3) is 3.87. The first kappa shape index (κ1) is 16.1. The Labute approximate surface area is 145 Å². The van der Waals surface area contributed by atoms with Gasteiger partial charge in [0.1, 0.15) is 5.75 Å². The van der Waals surface area contributed by atoms with Gasteiger partial charge < -0.3 is 10.5 Å². The maximum absolute atomic E-state index is 6.33. The number of nitrogens with two attached hydrogens (primary N) is 1. The van der Waals surface area contributed by atoms with Crippen molar-refractivity contribution in [1.82, 2.24) is 0 Å². The summed E-state index contributed by atoms with van der Waals surface area (Å²) in [7, 11) is 1.66. The minimum atomic E-state index is -0.107. The number of rotatable bonds is 4. The predicted molar refractivity (Wildman–Crippen MR) is 95.5 cm³/mol. The fourth-order valence-corrected chi connectivity index (χ4v) is 3.30. The number of halogens is 3. The van der Waals surface area contributed by atoms with Crippen molar-refractivity contribution >= 4 is 50.1 Å². The third-order valence-corrected chi connectivity index (χ3v) is 5.04. The van der Waals surface area contributed by atoms with Gasteiger partial charge in [-0.15, -0.1) is 0 Å². The second-order valence-electron chi connectivity index (χ2n) is 4.43. The molecule has 0 saturated heterocycles. The van der Waals surface area contributed by atoms with E-state index in [0.717, 1.165) is 24.9 Å². The van der Waals surface area contributed by atoms with Gasteiger partial charge in [0, 0.05) is 19.1 Å². The van der Waals surface area contributed by atoms with Crippen LogP contribution in [0.3, 0.4) is 0 Å². The molecule has 0 amide bonds. The first-order chi connectivity index (χ1) is 9.51. The summed E-state index contributed by atoms with van der Waals surface area (Å²) in [6.07, 6.45) is 0.716. The van der Waals surface area contributed by atoms with Crippen LogP contribution >= 0.6 is 50.1 Å². The van der Waals surface area contributed by atoms with Crippen LogP contribution in [0.15, 0.2) is 40.9 Å². The van der Waals surface area contributed by atoms with Crippen molar-refractivity contribution in [3.63, 3.8) is 0 Å². The third-order valence-electron chi connectivity index (χ3n) is 3.05. The minimum absolute atomic E-state index is 0.107. The molecule has 0 fully saturated rings. The quantitative estimate of drug-likeness (QED) is 0.647. The number of methoxy groups -OCH3 is 1. The number of hydrogen-bond donors (Lipinski definition) is 1. The van der Waals surface area contributed by atoms with E-state index < -0.39 is 0 Å². The normalized spacial score (nSPS) is 12.2. The van der Waals surface area contributed by atoms with Crippen LogP contribution in [-0.4, -0.2) is 7.11 Å². The van der Waals surface area contributed by atoms with E-state index in [-0.39, 0.29) is 6.04 Å². The maximum Gasteiger partial charge on any atom is 0.119 e. The summed E-state index contributed by atoms with van der Waals surface area (Å²) < 4.78 is 7.41. The highest BCUT2D eigenvalue weighted by atomic mass is 127. The van der Waals surface area contributed by atoms with Gasteiger partial charge in [-0.1, -0.05) is 27.5 Å². The van der Waals surface area contributed by atoms with Gasteiger partial charge in [0.15, 0.2) is 0 Å². The number of benzene rings is 2. The predicted octanol–water partition coefficient (Wildman–Crippen LogP) is 4.96. The topological polar surface area (TPSA) is 35.2 Å². The van der Waals surface area contributed by atoms with E-state index in [2.05, 4.69) is 38.5 Å². The monoisotopic (exact) mass is 465 g/mol. The molecule has 0 bridgehead atoms. The smallest absolute Gasteiger partial charge is 0.119 e. The Morgan fingerprint density at radius 1 is 1.30 bits per heavy atom. The molecule has 0 aliphatic carbocycles. The Morgan fingerprint density at radius 2 is 2.05 bits per heavy atom. The van der Waals surface area contributed by atoms with Gasteiger partial charge in [-0.25, -0.2) is 0 Å².